The average molecular weight is 483 g/mol. The van der Waals surface area contributed by atoms with Crippen molar-refractivity contribution >= 4 is 27.8 Å². The molecule has 6 heteroatoms. The summed E-state index contributed by atoms with van der Waals surface area (Å²) >= 11 is 0. The number of hydrogen-bond acceptors (Lipinski definition) is 4. The fourth-order valence-electron chi connectivity index (χ4n) is 4.73. The van der Waals surface area contributed by atoms with Gasteiger partial charge in [-0.1, -0.05) is 54.9 Å². The molecule has 0 radical (unpaired) electrons. The van der Waals surface area contributed by atoms with Gasteiger partial charge in [-0.25, -0.2) is 0 Å². The molecule has 3 aromatic carbocycles. The van der Waals surface area contributed by atoms with Crippen LogP contribution in [0.5, 0.6) is 5.75 Å². The van der Waals surface area contributed by atoms with E-state index in [1.807, 2.05) is 30.3 Å². The number of nitrogens with one attached hydrogen (secondary N) is 1. The van der Waals surface area contributed by atoms with E-state index < -0.39 is 5.97 Å². The summed E-state index contributed by atoms with van der Waals surface area (Å²) in [4.78, 5) is 14.4. The van der Waals surface area contributed by atoms with Crippen LogP contribution in [-0.4, -0.2) is 27.8 Å². The standard InChI is InChI=1S/C30H30N2O4/c1-2-6-25-28(14-11-24-27(32-36-30(24)25)13-9-20-7-4-3-5-8-20)35-16-15-23-19-22-17-21(18-29(33)34)10-12-26(22)31-23/h3-5,7-8,10-12,14,17,19,31H,2,6,9,13,15-16,18H2,1H3,(H,33,34). The van der Waals surface area contributed by atoms with E-state index in [2.05, 4.69) is 53.5 Å². The molecule has 184 valence electrons. The number of carboxylic acid groups (broad SMARTS) is 1. The zero-order chi connectivity index (χ0) is 24.9. The number of hydrogen-bond donors (Lipinski definition) is 2. The molecule has 0 atom stereocenters. The van der Waals surface area contributed by atoms with E-state index in [0.29, 0.717) is 13.0 Å². The van der Waals surface area contributed by atoms with E-state index >= 15 is 0 Å². The molecule has 0 saturated carbocycles. The summed E-state index contributed by atoms with van der Waals surface area (Å²) in [5.74, 6) is 0.0170. The number of aromatic amines is 1. The molecular formula is C30H30N2O4. The minimum atomic E-state index is -0.826. The van der Waals surface area contributed by atoms with E-state index in [4.69, 9.17) is 14.4 Å². The van der Waals surface area contributed by atoms with Crippen molar-refractivity contribution < 1.29 is 19.2 Å². The van der Waals surface area contributed by atoms with Crippen molar-refractivity contribution in [3.8, 4) is 5.75 Å². The van der Waals surface area contributed by atoms with Crippen molar-refractivity contribution in [3.05, 3.63) is 94.8 Å². The van der Waals surface area contributed by atoms with Crippen LogP contribution in [0.2, 0.25) is 0 Å². The Hall–Kier alpha value is -4.06. The van der Waals surface area contributed by atoms with Crippen LogP contribution in [0.15, 0.2) is 71.3 Å². The Labute approximate surface area is 209 Å². The number of carboxylic acids is 1. The van der Waals surface area contributed by atoms with Crippen molar-refractivity contribution in [2.45, 2.75) is 45.4 Å². The minimum Gasteiger partial charge on any atom is -0.493 e. The van der Waals surface area contributed by atoms with E-state index in [0.717, 1.165) is 75.8 Å². The first-order valence-electron chi connectivity index (χ1n) is 12.5. The molecule has 2 aromatic heterocycles. The van der Waals surface area contributed by atoms with Crippen LogP contribution < -0.4 is 4.74 Å². The first-order valence-corrected chi connectivity index (χ1v) is 12.5. The van der Waals surface area contributed by atoms with Gasteiger partial charge >= 0.3 is 5.97 Å². The van der Waals surface area contributed by atoms with E-state index in [-0.39, 0.29) is 6.42 Å². The first-order chi connectivity index (χ1) is 17.6. The van der Waals surface area contributed by atoms with Crippen LogP contribution in [0.3, 0.4) is 0 Å². The van der Waals surface area contributed by atoms with Gasteiger partial charge in [0.1, 0.15) is 5.75 Å². The number of rotatable bonds is 11. The highest BCUT2D eigenvalue weighted by atomic mass is 16.5. The first kappa shape index (κ1) is 23.7. The molecule has 0 bridgehead atoms. The second-order valence-corrected chi connectivity index (χ2v) is 9.17. The fraction of sp³-hybridized carbons (Fsp3) is 0.267. The quantitative estimate of drug-likeness (QED) is 0.231. The highest BCUT2D eigenvalue weighted by Crippen LogP contribution is 2.32. The molecule has 0 unspecified atom stereocenters. The number of aryl methyl sites for hydroxylation is 3. The lowest BCUT2D eigenvalue weighted by molar-refractivity contribution is -0.136. The van der Waals surface area contributed by atoms with Gasteiger partial charge in [0.2, 0.25) is 0 Å². The lowest BCUT2D eigenvalue weighted by Crippen LogP contribution is -2.04. The number of ether oxygens (including phenoxy) is 1. The third kappa shape index (κ3) is 5.28. The molecule has 0 amide bonds. The number of H-pyrrole nitrogens is 1. The Morgan fingerprint density at radius 2 is 1.83 bits per heavy atom. The van der Waals surface area contributed by atoms with Gasteiger partial charge in [0.25, 0.3) is 0 Å². The minimum absolute atomic E-state index is 0.0256. The molecule has 0 spiro atoms. The van der Waals surface area contributed by atoms with E-state index in [1.54, 1.807) is 0 Å². The van der Waals surface area contributed by atoms with Gasteiger partial charge in [-0.05, 0) is 66.1 Å². The van der Waals surface area contributed by atoms with Crippen molar-refractivity contribution in [2.24, 2.45) is 0 Å². The van der Waals surface area contributed by atoms with Crippen molar-refractivity contribution in [1.82, 2.24) is 10.1 Å². The summed E-state index contributed by atoms with van der Waals surface area (Å²) in [5, 5.41) is 15.5. The lowest BCUT2D eigenvalue weighted by atomic mass is 10.0. The van der Waals surface area contributed by atoms with Crippen LogP contribution >= 0.6 is 0 Å². The number of nitrogens with zero attached hydrogens (tertiary/aromatic N) is 1. The van der Waals surface area contributed by atoms with Gasteiger partial charge in [-0.3, -0.25) is 4.79 Å². The average Bonchev–Trinajstić information content (AvgIpc) is 3.47. The highest BCUT2D eigenvalue weighted by Gasteiger charge is 2.16. The molecular weight excluding hydrogens is 452 g/mol. The summed E-state index contributed by atoms with van der Waals surface area (Å²) < 4.78 is 12.1. The lowest BCUT2D eigenvalue weighted by Gasteiger charge is -2.11. The Bertz CT molecular complexity index is 1480. The van der Waals surface area contributed by atoms with Crippen molar-refractivity contribution in [1.29, 1.82) is 0 Å². The van der Waals surface area contributed by atoms with Crippen molar-refractivity contribution in [2.75, 3.05) is 6.61 Å². The van der Waals surface area contributed by atoms with Gasteiger partial charge in [-0.15, -0.1) is 0 Å². The maximum absolute atomic E-state index is 11.0. The van der Waals surface area contributed by atoms with E-state index in [9.17, 15) is 4.79 Å². The van der Waals surface area contributed by atoms with Crippen LogP contribution in [0.4, 0.5) is 0 Å². The van der Waals surface area contributed by atoms with Gasteiger partial charge < -0.3 is 19.4 Å². The molecule has 0 aliphatic rings. The van der Waals surface area contributed by atoms with Gasteiger partial charge in [0.15, 0.2) is 5.58 Å². The predicted molar refractivity (Wildman–Crippen MR) is 141 cm³/mol. The predicted octanol–water partition coefficient (Wildman–Crippen LogP) is 6.30. The van der Waals surface area contributed by atoms with Crippen LogP contribution in [0, 0.1) is 0 Å². The molecule has 5 rings (SSSR count). The van der Waals surface area contributed by atoms with Gasteiger partial charge in [0.05, 0.1) is 18.7 Å². The maximum atomic E-state index is 11.0. The van der Waals surface area contributed by atoms with Gasteiger partial charge in [0, 0.05) is 28.6 Å². The van der Waals surface area contributed by atoms with Crippen LogP contribution in [0.1, 0.15) is 41.4 Å². The molecule has 6 nitrogen and oxygen atoms in total. The SMILES string of the molecule is CCCc1c(OCCc2cc3cc(CC(=O)O)ccc3[nH]2)ccc2c(CCc3ccccc3)noc12. The zero-order valence-electron chi connectivity index (χ0n) is 20.4. The summed E-state index contributed by atoms with van der Waals surface area (Å²) in [6.45, 7) is 2.67. The third-order valence-electron chi connectivity index (χ3n) is 6.49. The number of aromatic nitrogens is 2. The molecule has 2 heterocycles. The second-order valence-electron chi connectivity index (χ2n) is 9.17. The number of aliphatic carboxylic acids is 1. The third-order valence-corrected chi connectivity index (χ3v) is 6.49. The molecule has 36 heavy (non-hydrogen) atoms. The summed E-state index contributed by atoms with van der Waals surface area (Å²) in [6, 6.07) is 22.3. The number of benzene rings is 3. The molecule has 2 N–H and O–H groups in total. The van der Waals surface area contributed by atoms with Crippen molar-refractivity contribution in [3.63, 3.8) is 0 Å². The largest absolute Gasteiger partial charge is 0.493 e. The van der Waals surface area contributed by atoms with Crippen LogP contribution in [-0.2, 0) is 36.9 Å². The molecule has 5 aromatic rings. The molecule has 0 aliphatic carbocycles. The summed E-state index contributed by atoms with van der Waals surface area (Å²) in [5.41, 5.74) is 7.02. The molecule has 0 fully saturated rings. The summed E-state index contributed by atoms with van der Waals surface area (Å²) in [7, 11) is 0. The monoisotopic (exact) mass is 482 g/mol. The molecule has 0 saturated heterocycles. The normalized spacial score (nSPS) is 11.4. The zero-order valence-corrected chi connectivity index (χ0v) is 20.4. The van der Waals surface area contributed by atoms with E-state index in [1.165, 1.54) is 5.56 Å². The maximum Gasteiger partial charge on any atom is 0.307 e. The van der Waals surface area contributed by atoms with Crippen LogP contribution in [0.25, 0.3) is 21.9 Å². The second kappa shape index (κ2) is 10.7. The fourth-order valence-corrected chi connectivity index (χ4v) is 4.73. The Morgan fingerprint density at radius 1 is 0.972 bits per heavy atom. The Balaban J connectivity index is 1.28. The molecule has 0 aliphatic heterocycles. The Kier molecular flexibility index (Phi) is 7.03. The highest BCUT2D eigenvalue weighted by molar-refractivity contribution is 5.85. The number of carbonyl (C=O) groups is 1. The summed E-state index contributed by atoms with van der Waals surface area (Å²) in [6.07, 6.45) is 4.33. The number of fused-ring (bicyclic) bond motifs is 2. The smallest absolute Gasteiger partial charge is 0.307 e. The topological polar surface area (TPSA) is 88.4 Å². The Morgan fingerprint density at radius 3 is 2.64 bits per heavy atom. The van der Waals surface area contributed by atoms with Gasteiger partial charge in [-0.2, -0.15) is 0 Å².